The monoisotopic (exact) mass is 283 g/mol. The SMILES string of the molecule is CCc1c(C)nn(Cc2cccc(CNC3CC3)c2)c1C. The molecular weight excluding hydrogens is 258 g/mol. The molecule has 21 heavy (non-hydrogen) atoms. The first-order valence-electron chi connectivity index (χ1n) is 8.01. The van der Waals surface area contributed by atoms with Crippen LogP contribution in [0, 0.1) is 13.8 Å². The van der Waals surface area contributed by atoms with Crippen LogP contribution in [0.25, 0.3) is 0 Å². The van der Waals surface area contributed by atoms with E-state index < -0.39 is 0 Å². The maximum atomic E-state index is 4.69. The second kappa shape index (κ2) is 6.02. The fourth-order valence-electron chi connectivity index (χ4n) is 2.96. The van der Waals surface area contributed by atoms with Crippen LogP contribution >= 0.6 is 0 Å². The zero-order valence-corrected chi connectivity index (χ0v) is 13.3. The van der Waals surface area contributed by atoms with Gasteiger partial charge in [-0.05, 0) is 49.8 Å². The van der Waals surface area contributed by atoms with Crippen LogP contribution in [0.5, 0.6) is 0 Å². The van der Waals surface area contributed by atoms with Gasteiger partial charge in [0.25, 0.3) is 0 Å². The minimum absolute atomic E-state index is 0.761. The Hall–Kier alpha value is -1.61. The standard InChI is InChI=1S/C18H25N3/c1-4-18-13(2)20-21(14(18)3)12-16-7-5-6-15(10-16)11-19-17-8-9-17/h5-7,10,17,19H,4,8-9,11-12H2,1-3H3. The van der Waals surface area contributed by atoms with Gasteiger partial charge in [-0.1, -0.05) is 31.2 Å². The number of nitrogens with zero attached hydrogens (tertiary/aromatic N) is 2. The van der Waals surface area contributed by atoms with Crippen molar-refractivity contribution in [3.63, 3.8) is 0 Å². The number of hydrogen-bond donors (Lipinski definition) is 1. The molecule has 0 bridgehead atoms. The average Bonchev–Trinajstić information content (AvgIpc) is 3.25. The van der Waals surface area contributed by atoms with Crippen LogP contribution in [0.4, 0.5) is 0 Å². The Morgan fingerprint density at radius 3 is 2.67 bits per heavy atom. The lowest BCUT2D eigenvalue weighted by atomic mass is 10.1. The first-order valence-corrected chi connectivity index (χ1v) is 8.01. The summed E-state index contributed by atoms with van der Waals surface area (Å²) in [5, 5.41) is 8.27. The summed E-state index contributed by atoms with van der Waals surface area (Å²) >= 11 is 0. The molecule has 1 aromatic heterocycles. The highest BCUT2D eigenvalue weighted by molar-refractivity contribution is 5.27. The smallest absolute Gasteiger partial charge is 0.0662 e. The fourth-order valence-corrected chi connectivity index (χ4v) is 2.96. The summed E-state index contributed by atoms with van der Waals surface area (Å²) in [6.45, 7) is 8.33. The van der Waals surface area contributed by atoms with Crippen molar-refractivity contribution in [2.45, 2.75) is 59.2 Å². The third kappa shape index (κ3) is 3.35. The maximum Gasteiger partial charge on any atom is 0.0662 e. The van der Waals surface area contributed by atoms with E-state index in [0.717, 1.165) is 25.6 Å². The van der Waals surface area contributed by atoms with Crippen molar-refractivity contribution >= 4 is 0 Å². The molecule has 3 nitrogen and oxygen atoms in total. The van der Waals surface area contributed by atoms with E-state index in [2.05, 4.69) is 55.0 Å². The van der Waals surface area contributed by atoms with E-state index >= 15 is 0 Å². The lowest BCUT2D eigenvalue weighted by Crippen LogP contribution is -2.15. The van der Waals surface area contributed by atoms with Crippen molar-refractivity contribution in [3.05, 3.63) is 52.3 Å². The molecule has 0 unspecified atom stereocenters. The van der Waals surface area contributed by atoms with Gasteiger partial charge in [0.05, 0.1) is 12.2 Å². The highest BCUT2D eigenvalue weighted by Gasteiger charge is 2.19. The first-order chi connectivity index (χ1) is 10.2. The zero-order chi connectivity index (χ0) is 14.8. The van der Waals surface area contributed by atoms with Gasteiger partial charge in [0.15, 0.2) is 0 Å². The van der Waals surface area contributed by atoms with Crippen molar-refractivity contribution in [2.24, 2.45) is 0 Å². The number of rotatable bonds is 6. The Morgan fingerprint density at radius 1 is 1.24 bits per heavy atom. The minimum atomic E-state index is 0.761. The van der Waals surface area contributed by atoms with Gasteiger partial charge in [-0.3, -0.25) is 4.68 Å². The van der Waals surface area contributed by atoms with Crippen LogP contribution in [0.2, 0.25) is 0 Å². The van der Waals surface area contributed by atoms with E-state index in [4.69, 9.17) is 5.10 Å². The summed E-state index contributed by atoms with van der Waals surface area (Å²) in [4.78, 5) is 0. The fraction of sp³-hybridized carbons (Fsp3) is 0.500. The van der Waals surface area contributed by atoms with Gasteiger partial charge in [-0.15, -0.1) is 0 Å². The second-order valence-electron chi connectivity index (χ2n) is 6.14. The quantitative estimate of drug-likeness (QED) is 0.881. The molecule has 1 aromatic carbocycles. The zero-order valence-electron chi connectivity index (χ0n) is 13.3. The molecule has 1 saturated carbocycles. The Balaban J connectivity index is 1.73. The van der Waals surface area contributed by atoms with Crippen LogP contribution in [0.3, 0.4) is 0 Å². The lowest BCUT2D eigenvalue weighted by Gasteiger charge is -2.08. The van der Waals surface area contributed by atoms with Gasteiger partial charge in [0, 0.05) is 18.3 Å². The van der Waals surface area contributed by atoms with E-state index in [0.29, 0.717) is 0 Å². The summed E-state index contributed by atoms with van der Waals surface area (Å²) in [6.07, 6.45) is 3.74. The average molecular weight is 283 g/mol. The number of nitrogens with one attached hydrogen (secondary N) is 1. The molecule has 1 N–H and O–H groups in total. The van der Waals surface area contributed by atoms with Crippen LogP contribution in [-0.4, -0.2) is 15.8 Å². The van der Waals surface area contributed by atoms with Crippen LogP contribution in [0.15, 0.2) is 24.3 Å². The molecule has 3 heteroatoms. The predicted octanol–water partition coefficient (Wildman–Crippen LogP) is 3.36. The summed E-state index contributed by atoms with van der Waals surface area (Å²) in [6, 6.07) is 9.63. The Labute approximate surface area is 127 Å². The Bertz CT molecular complexity index is 623. The number of benzene rings is 1. The topological polar surface area (TPSA) is 29.9 Å². The normalized spacial score (nSPS) is 14.6. The minimum Gasteiger partial charge on any atom is -0.310 e. The molecule has 0 saturated heterocycles. The third-order valence-corrected chi connectivity index (χ3v) is 4.38. The van der Waals surface area contributed by atoms with Gasteiger partial charge < -0.3 is 5.32 Å². The maximum absolute atomic E-state index is 4.69. The molecule has 1 heterocycles. The van der Waals surface area contributed by atoms with E-state index in [1.165, 1.54) is 40.9 Å². The van der Waals surface area contributed by atoms with E-state index in [-0.39, 0.29) is 0 Å². The Kier molecular flexibility index (Phi) is 4.11. The summed E-state index contributed by atoms with van der Waals surface area (Å²) < 4.78 is 2.14. The summed E-state index contributed by atoms with van der Waals surface area (Å²) in [5.41, 5.74) is 6.56. The molecular formula is C18H25N3. The molecule has 1 aliphatic rings. The molecule has 0 spiro atoms. The second-order valence-corrected chi connectivity index (χ2v) is 6.14. The highest BCUT2D eigenvalue weighted by Crippen LogP contribution is 2.20. The van der Waals surface area contributed by atoms with Crippen molar-refractivity contribution in [1.29, 1.82) is 0 Å². The number of aryl methyl sites for hydroxylation is 1. The van der Waals surface area contributed by atoms with Crippen molar-refractivity contribution in [1.82, 2.24) is 15.1 Å². The largest absolute Gasteiger partial charge is 0.310 e. The van der Waals surface area contributed by atoms with E-state index in [9.17, 15) is 0 Å². The van der Waals surface area contributed by atoms with Crippen molar-refractivity contribution in [2.75, 3.05) is 0 Å². The van der Waals surface area contributed by atoms with Gasteiger partial charge >= 0.3 is 0 Å². The predicted molar refractivity (Wildman–Crippen MR) is 86.5 cm³/mol. The van der Waals surface area contributed by atoms with Crippen molar-refractivity contribution in [3.8, 4) is 0 Å². The van der Waals surface area contributed by atoms with Crippen LogP contribution in [0.1, 0.15) is 47.8 Å². The van der Waals surface area contributed by atoms with Gasteiger partial charge in [-0.25, -0.2) is 0 Å². The molecule has 1 aliphatic carbocycles. The van der Waals surface area contributed by atoms with Gasteiger partial charge in [-0.2, -0.15) is 5.10 Å². The molecule has 1 fully saturated rings. The highest BCUT2D eigenvalue weighted by atomic mass is 15.3. The molecule has 0 aliphatic heterocycles. The van der Waals surface area contributed by atoms with E-state index in [1.807, 2.05) is 0 Å². The van der Waals surface area contributed by atoms with E-state index in [1.54, 1.807) is 0 Å². The number of aromatic nitrogens is 2. The lowest BCUT2D eigenvalue weighted by molar-refractivity contribution is 0.654. The molecule has 3 rings (SSSR count). The van der Waals surface area contributed by atoms with Gasteiger partial charge in [0.1, 0.15) is 0 Å². The number of hydrogen-bond acceptors (Lipinski definition) is 2. The molecule has 0 amide bonds. The molecule has 112 valence electrons. The Morgan fingerprint density at radius 2 is 2.00 bits per heavy atom. The molecule has 2 aromatic rings. The van der Waals surface area contributed by atoms with Crippen molar-refractivity contribution < 1.29 is 0 Å². The third-order valence-electron chi connectivity index (χ3n) is 4.38. The molecule has 0 radical (unpaired) electrons. The van der Waals surface area contributed by atoms with Crippen LogP contribution in [-0.2, 0) is 19.5 Å². The molecule has 0 atom stereocenters. The summed E-state index contributed by atoms with van der Waals surface area (Å²) in [5.74, 6) is 0. The summed E-state index contributed by atoms with van der Waals surface area (Å²) in [7, 11) is 0. The van der Waals surface area contributed by atoms with Gasteiger partial charge in [0.2, 0.25) is 0 Å². The first kappa shape index (κ1) is 14.3. The van der Waals surface area contributed by atoms with Crippen LogP contribution < -0.4 is 5.32 Å².